The molecule has 1 rings (SSSR count). The van der Waals surface area contributed by atoms with E-state index in [1.807, 2.05) is 0 Å². The Labute approximate surface area is 96.4 Å². The summed E-state index contributed by atoms with van der Waals surface area (Å²) in [5, 5.41) is 15.4. The lowest BCUT2D eigenvalue weighted by Crippen LogP contribution is -2.34. The van der Waals surface area contributed by atoms with E-state index in [0.29, 0.717) is 6.04 Å². The number of tetrazole rings is 1. The van der Waals surface area contributed by atoms with Crippen LogP contribution in [0.15, 0.2) is 0 Å². The summed E-state index contributed by atoms with van der Waals surface area (Å²) in [7, 11) is 3.50. The van der Waals surface area contributed by atoms with E-state index in [4.69, 9.17) is 4.74 Å². The Morgan fingerprint density at radius 2 is 2.25 bits per heavy atom. The van der Waals surface area contributed by atoms with Crippen molar-refractivity contribution in [2.45, 2.75) is 38.8 Å². The first-order valence-electron chi connectivity index (χ1n) is 5.64. The van der Waals surface area contributed by atoms with E-state index >= 15 is 0 Å². The Balaban J connectivity index is 2.50. The van der Waals surface area contributed by atoms with E-state index in [-0.39, 0.29) is 6.10 Å². The lowest BCUT2D eigenvalue weighted by atomic mass is 10.1. The van der Waals surface area contributed by atoms with E-state index in [9.17, 15) is 0 Å². The number of likely N-dealkylation sites (N-methyl/N-ethyl adjacent to an activating group) is 1. The molecule has 0 bridgehead atoms. The van der Waals surface area contributed by atoms with Crippen molar-refractivity contribution >= 4 is 0 Å². The van der Waals surface area contributed by atoms with Crippen LogP contribution in [0.3, 0.4) is 0 Å². The SMILES string of the molecule is CCNC(Cc1nnn(C)n1)CC(C)OC. The van der Waals surface area contributed by atoms with Gasteiger partial charge in [0.2, 0.25) is 0 Å². The molecule has 16 heavy (non-hydrogen) atoms. The van der Waals surface area contributed by atoms with Crippen molar-refractivity contribution in [3.05, 3.63) is 5.82 Å². The quantitative estimate of drug-likeness (QED) is 0.718. The van der Waals surface area contributed by atoms with Crippen molar-refractivity contribution in [3.63, 3.8) is 0 Å². The van der Waals surface area contributed by atoms with Crippen LogP contribution in [0, 0.1) is 0 Å². The zero-order chi connectivity index (χ0) is 12.0. The summed E-state index contributed by atoms with van der Waals surface area (Å²) >= 11 is 0. The third kappa shape index (κ3) is 4.24. The van der Waals surface area contributed by atoms with Crippen LogP contribution in [0.5, 0.6) is 0 Å². The predicted molar refractivity (Wildman–Crippen MR) is 61.1 cm³/mol. The van der Waals surface area contributed by atoms with Crippen LogP contribution < -0.4 is 5.32 Å². The van der Waals surface area contributed by atoms with Gasteiger partial charge < -0.3 is 10.1 Å². The molecule has 1 N–H and O–H groups in total. The first kappa shape index (κ1) is 13.1. The van der Waals surface area contributed by atoms with Crippen molar-refractivity contribution in [3.8, 4) is 0 Å². The fraction of sp³-hybridized carbons (Fsp3) is 0.900. The lowest BCUT2D eigenvalue weighted by Gasteiger charge is -2.19. The van der Waals surface area contributed by atoms with Crippen LogP contribution >= 0.6 is 0 Å². The Kier molecular flexibility index (Phi) is 5.34. The second-order valence-electron chi connectivity index (χ2n) is 3.94. The fourth-order valence-electron chi connectivity index (χ4n) is 1.65. The first-order chi connectivity index (χ1) is 7.65. The van der Waals surface area contributed by atoms with Crippen LogP contribution in [-0.4, -0.2) is 46.0 Å². The van der Waals surface area contributed by atoms with Crippen LogP contribution in [0.2, 0.25) is 0 Å². The maximum Gasteiger partial charge on any atom is 0.176 e. The molecule has 0 radical (unpaired) electrons. The molecule has 0 aliphatic carbocycles. The molecule has 0 saturated heterocycles. The van der Waals surface area contributed by atoms with Crippen LogP contribution in [0.25, 0.3) is 0 Å². The number of methoxy groups -OCH3 is 1. The Hall–Kier alpha value is -1.01. The second kappa shape index (κ2) is 6.55. The maximum atomic E-state index is 5.27. The van der Waals surface area contributed by atoms with E-state index in [0.717, 1.165) is 25.2 Å². The van der Waals surface area contributed by atoms with Crippen molar-refractivity contribution in [2.24, 2.45) is 7.05 Å². The average Bonchev–Trinajstić information content (AvgIpc) is 2.64. The molecular weight excluding hydrogens is 206 g/mol. The lowest BCUT2D eigenvalue weighted by molar-refractivity contribution is 0.100. The molecule has 1 heterocycles. The first-order valence-corrected chi connectivity index (χ1v) is 5.64. The summed E-state index contributed by atoms with van der Waals surface area (Å²) in [6, 6.07) is 0.337. The smallest absolute Gasteiger partial charge is 0.176 e. The molecule has 6 nitrogen and oxygen atoms in total. The predicted octanol–water partition coefficient (Wildman–Crippen LogP) is 0.156. The van der Waals surface area contributed by atoms with Crippen LogP contribution in [-0.2, 0) is 18.2 Å². The number of hydrogen-bond donors (Lipinski definition) is 1. The second-order valence-corrected chi connectivity index (χ2v) is 3.94. The molecule has 1 aromatic heterocycles. The normalized spacial score (nSPS) is 15.0. The number of ether oxygens (including phenoxy) is 1. The van der Waals surface area contributed by atoms with Gasteiger partial charge in [0.25, 0.3) is 0 Å². The van der Waals surface area contributed by atoms with Crippen LogP contribution in [0.1, 0.15) is 26.1 Å². The van der Waals surface area contributed by atoms with Gasteiger partial charge in [-0.2, -0.15) is 4.80 Å². The molecular formula is C10H21N5O. The highest BCUT2D eigenvalue weighted by Gasteiger charge is 2.15. The molecule has 0 saturated carbocycles. The highest BCUT2D eigenvalue weighted by molar-refractivity contribution is 4.85. The van der Waals surface area contributed by atoms with Gasteiger partial charge in [-0.3, -0.25) is 0 Å². The molecule has 0 aromatic carbocycles. The van der Waals surface area contributed by atoms with Crippen LogP contribution in [0.4, 0.5) is 0 Å². The van der Waals surface area contributed by atoms with Gasteiger partial charge in [0.1, 0.15) is 0 Å². The summed E-state index contributed by atoms with van der Waals surface area (Å²) in [5.74, 6) is 0.775. The summed E-state index contributed by atoms with van der Waals surface area (Å²) in [6.07, 6.45) is 1.97. The van der Waals surface area contributed by atoms with E-state index in [1.165, 1.54) is 4.80 Å². The Bertz CT molecular complexity index is 301. The molecule has 2 unspecified atom stereocenters. The van der Waals surface area contributed by atoms with E-state index in [2.05, 4.69) is 34.6 Å². The van der Waals surface area contributed by atoms with Crippen molar-refractivity contribution in [1.29, 1.82) is 0 Å². The topological polar surface area (TPSA) is 64.9 Å². The molecule has 0 aliphatic rings. The van der Waals surface area contributed by atoms with Crippen molar-refractivity contribution in [1.82, 2.24) is 25.5 Å². The number of aryl methyl sites for hydroxylation is 1. The van der Waals surface area contributed by atoms with Gasteiger partial charge in [-0.25, -0.2) is 0 Å². The molecule has 6 heteroatoms. The van der Waals surface area contributed by atoms with Gasteiger partial charge in [-0.1, -0.05) is 6.92 Å². The minimum atomic E-state index is 0.237. The third-order valence-corrected chi connectivity index (χ3v) is 2.49. The highest BCUT2D eigenvalue weighted by Crippen LogP contribution is 2.05. The van der Waals surface area contributed by atoms with E-state index < -0.39 is 0 Å². The largest absolute Gasteiger partial charge is 0.382 e. The maximum absolute atomic E-state index is 5.27. The zero-order valence-corrected chi connectivity index (χ0v) is 10.5. The summed E-state index contributed by atoms with van der Waals surface area (Å²) in [4.78, 5) is 1.48. The number of rotatable bonds is 7. The number of nitrogens with one attached hydrogen (secondary N) is 1. The number of aromatic nitrogens is 4. The molecule has 0 spiro atoms. The number of hydrogen-bond acceptors (Lipinski definition) is 5. The molecule has 1 aromatic rings. The summed E-state index contributed by atoms with van der Waals surface area (Å²) in [6.45, 7) is 5.09. The third-order valence-electron chi connectivity index (χ3n) is 2.49. The van der Waals surface area contributed by atoms with Gasteiger partial charge in [-0.05, 0) is 25.1 Å². The molecule has 0 fully saturated rings. The minimum Gasteiger partial charge on any atom is -0.382 e. The standard InChI is InChI=1S/C10H21N5O/c1-5-11-9(6-8(2)16-4)7-10-12-14-15(3)13-10/h8-9,11H,5-7H2,1-4H3. The minimum absolute atomic E-state index is 0.237. The molecule has 0 aliphatic heterocycles. The Morgan fingerprint density at radius 1 is 1.50 bits per heavy atom. The van der Waals surface area contributed by atoms with Crippen molar-refractivity contribution in [2.75, 3.05) is 13.7 Å². The fourth-order valence-corrected chi connectivity index (χ4v) is 1.65. The van der Waals surface area contributed by atoms with Gasteiger partial charge in [0, 0.05) is 19.6 Å². The van der Waals surface area contributed by atoms with Crippen molar-refractivity contribution < 1.29 is 4.74 Å². The van der Waals surface area contributed by atoms with Gasteiger partial charge >= 0.3 is 0 Å². The Morgan fingerprint density at radius 3 is 2.75 bits per heavy atom. The summed E-state index contributed by atoms with van der Waals surface area (Å²) in [5.41, 5.74) is 0. The highest BCUT2D eigenvalue weighted by atomic mass is 16.5. The van der Waals surface area contributed by atoms with Gasteiger partial charge in [0.15, 0.2) is 5.82 Å². The molecule has 2 atom stereocenters. The monoisotopic (exact) mass is 227 g/mol. The van der Waals surface area contributed by atoms with E-state index in [1.54, 1.807) is 14.2 Å². The van der Waals surface area contributed by atoms with Gasteiger partial charge in [0.05, 0.1) is 13.2 Å². The average molecular weight is 227 g/mol. The number of nitrogens with zero attached hydrogens (tertiary/aromatic N) is 4. The molecule has 92 valence electrons. The van der Waals surface area contributed by atoms with Gasteiger partial charge in [-0.15, -0.1) is 10.2 Å². The summed E-state index contributed by atoms with van der Waals surface area (Å²) < 4.78 is 5.27. The zero-order valence-electron chi connectivity index (χ0n) is 10.5. The molecule has 0 amide bonds.